The Balaban J connectivity index is 1.66. The topological polar surface area (TPSA) is 92.2 Å². The second kappa shape index (κ2) is 10.3. The third-order valence-electron chi connectivity index (χ3n) is 5.94. The smallest absolute Gasteiger partial charge is 0.295 e. The summed E-state index contributed by atoms with van der Waals surface area (Å²) in [6.45, 7) is 4.27. The van der Waals surface area contributed by atoms with Crippen LogP contribution in [0.2, 0.25) is 5.02 Å². The number of carbonyl (C=O) groups is 2. The molecule has 1 aromatic heterocycles. The summed E-state index contributed by atoms with van der Waals surface area (Å²) >= 11 is 6.23. The van der Waals surface area contributed by atoms with Gasteiger partial charge in [-0.05, 0) is 36.2 Å². The molecule has 1 amide bonds. The van der Waals surface area contributed by atoms with Crippen molar-refractivity contribution in [2.45, 2.75) is 12.5 Å². The SMILES string of the molecule is COc1ccc(/C(O)=C2\C(=O)C(=O)N(CCCN3CCOCC3)[C@H]2c2cccnc2)cc1Cl. The summed E-state index contributed by atoms with van der Waals surface area (Å²) in [4.78, 5) is 34.0. The van der Waals surface area contributed by atoms with E-state index in [1.165, 1.54) is 18.1 Å². The number of rotatable bonds is 7. The number of likely N-dealkylation sites (tertiary alicyclic amines) is 1. The number of ketones is 1. The Hall–Kier alpha value is -2.94. The largest absolute Gasteiger partial charge is 0.507 e. The number of pyridine rings is 1. The molecule has 0 aliphatic carbocycles. The van der Waals surface area contributed by atoms with Crippen molar-refractivity contribution in [3.63, 3.8) is 0 Å². The highest BCUT2D eigenvalue weighted by molar-refractivity contribution is 6.46. The van der Waals surface area contributed by atoms with Gasteiger partial charge in [0, 0.05) is 44.1 Å². The maximum Gasteiger partial charge on any atom is 0.295 e. The van der Waals surface area contributed by atoms with Crippen molar-refractivity contribution in [3.8, 4) is 5.75 Å². The number of hydrogen-bond acceptors (Lipinski definition) is 7. The van der Waals surface area contributed by atoms with Crippen LogP contribution in [0.1, 0.15) is 23.6 Å². The molecule has 0 radical (unpaired) electrons. The van der Waals surface area contributed by atoms with Gasteiger partial charge in [0.15, 0.2) is 0 Å². The zero-order valence-electron chi connectivity index (χ0n) is 18.4. The minimum absolute atomic E-state index is 0.0283. The summed E-state index contributed by atoms with van der Waals surface area (Å²) in [5.74, 6) is -1.19. The third-order valence-corrected chi connectivity index (χ3v) is 6.24. The number of aromatic nitrogens is 1. The standard InChI is InChI=1S/C24H26ClN3O5/c1-32-19-6-5-16(14-18(19)25)22(29)20-21(17-4-2-7-26-15-17)28(24(31)23(20)30)9-3-8-27-10-12-33-13-11-27/h2,4-7,14-15,21,29H,3,8-13H2,1H3/b22-20+/t21-/m0/s1. The number of benzene rings is 1. The summed E-state index contributed by atoms with van der Waals surface area (Å²) in [6, 6.07) is 7.53. The Morgan fingerprint density at radius 2 is 2.03 bits per heavy atom. The number of nitrogens with zero attached hydrogens (tertiary/aromatic N) is 3. The Morgan fingerprint density at radius 3 is 2.70 bits per heavy atom. The number of morpholine rings is 1. The van der Waals surface area contributed by atoms with Gasteiger partial charge in [0.2, 0.25) is 0 Å². The predicted octanol–water partition coefficient (Wildman–Crippen LogP) is 2.89. The molecule has 2 aromatic rings. The molecular formula is C24H26ClN3O5. The molecule has 1 atom stereocenters. The number of aliphatic hydroxyl groups excluding tert-OH is 1. The first-order valence-electron chi connectivity index (χ1n) is 10.8. The van der Waals surface area contributed by atoms with Gasteiger partial charge in [-0.25, -0.2) is 0 Å². The summed E-state index contributed by atoms with van der Waals surface area (Å²) in [5.41, 5.74) is 1.02. The molecule has 1 aromatic carbocycles. The van der Waals surface area contributed by atoms with E-state index in [1.54, 1.807) is 36.7 Å². The first kappa shape index (κ1) is 23.2. The van der Waals surface area contributed by atoms with Crippen LogP contribution in [0.3, 0.4) is 0 Å². The molecule has 9 heteroatoms. The Morgan fingerprint density at radius 1 is 1.24 bits per heavy atom. The summed E-state index contributed by atoms with van der Waals surface area (Å²) in [7, 11) is 1.49. The second-order valence-corrected chi connectivity index (χ2v) is 8.34. The molecule has 1 N–H and O–H groups in total. The molecule has 0 spiro atoms. The highest BCUT2D eigenvalue weighted by Crippen LogP contribution is 2.40. The summed E-state index contributed by atoms with van der Waals surface area (Å²) in [5, 5.41) is 11.4. The van der Waals surface area contributed by atoms with E-state index >= 15 is 0 Å². The van der Waals surface area contributed by atoms with Crippen molar-refractivity contribution in [2.24, 2.45) is 0 Å². The lowest BCUT2D eigenvalue weighted by Gasteiger charge is -2.29. The number of methoxy groups -OCH3 is 1. The van der Waals surface area contributed by atoms with E-state index in [0.29, 0.717) is 48.1 Å². The van der Waals surface area contributed by atoms with E-state index in [4.69, 9.17) is 21.1 Å². The van der Waals surface area contributed by atoms with Crippen molar-refractivity contribution in [1.29, 1.82) is 0 Å². The molecule has 0 unspecified atom stereocenters. The lowest BCUT2D eigenvalue weighted by atomic mass is 9.96. The molecule has 2 saturated heterocycles. The zero-order valence-corrected chi connectivity index (χ0v) is 19.1. The minimum Gasteiger partial charge on any atom is -0.507 e. The fourth-order valence-electron chi connectivity index (χ4n) is 4.25. The Labute approximate surface area is 197 Å². The average Bonchev–Trinajstić information content (AvgIpc) is 3.10. The molecule has 3 heterocycles. The summed E-state index contributed by atoms with van der Waals surface area (Å²) in [6.07, 6.45) is 3.93. The van der Waals surface area contributed by atoms with Crippen LogP contribution >= 0.6 is 11.6 Å². The van der Waals surface area contributed by atoms with Crippen LogP contribution < -0.4 is 4.74 Å². The minimum atomic E-state index is -0.732. The normalized spacial score (nSPS) is 20.9. The van der Waals surface area contributed by atoms with Crippen LogP contribution in [0.15, 0.2) is 48.3 Å². The number of ether oxygens (including phenoxy) is 2. The van der Waals surface area contributed by atoms with E-state index in [0.717, 1.165) is 19.6 Å². The van der Waals surface area contributed by atoms with Gasteiger partial charge in [0.1, 0.15) is 11.5 Å². The van der Waals surface area contributed by atoms with Gasteiger partial charge in [-0.3, -0.25) is 19.5 Å². The highest BCUT2D eigenvalue weighted by atomic mass is 35.5. The fraction of sp³-hybridized carbons (Fsp3) is 0.375. The van der Waals surface area contributed by atoms with Crippen molar-refractivity contribution >= 4 is 29.1 Å². The quantitative estimate of drug-likeness (QED) is 0.377. The molecule has 2 fully saturated rings. The van der Waals surface area contributed by atoms with Gasteiger partial charge >= 0.3 is 0 Å². The van der Waals surface area contributed by atoms with Gasteiger partial charge < -0.3 is 19.5 Å². The Bertz CT molecular complexity index is 1050. The van der Waals surface area contributed by atoms with Gasteiger partial charge in [0.05, 0.1) is 37.0 Å². The molecular weight excluding hydrogens is 446 g/mol. The molecule has 0 saturated carbocycles. The summed E-state index contributed by atoms with van der Waals surface area (Å²) < 4.78 is 10.5. The lowest BCUT2D eigenvalue weighted by Crippen LogP contribution is -2.39. The van der Waals surface area contributed by atoms with Crippen LogP contribution in [0.4, 0.5) is 0 Å². The van der Waals surface area contributed by atoms with Crippen molar-refractivity contribution in [3.05, 3.63) is 64.4 Å². The van der Waals surface area contributed by atoms with Gasteiger partial charge in [-0.15, -0.1) is 0 Å². The zero-order chi connectivity index (χ0) is 23.4. The predicted molar refractivity (Wildman–Crippen MR) is 123 cm³/mol. The molecule has 8 nitrogen and oxygen atoms in total. The Kier molecular flexibility index (Phi) is 7.27. The van der Waals surface area contributed by atoms with E-state index < -0.39 is 17.7 Å². The van der Waals surface area contributed by atoms with Gasteiger partial charge in [-0.1, -0.05) is 17.7 Å². The van der Waals surface area contributed by atoms with Crippen molar-refractivity contribution < 1.29 is 24.2 Å². The van der Waals surface area contributed by atoms with Crippen LogP contribution in [0.5, 0.6) is 5.75 Å². The van der Waals surface area contributed by atoms with Crippen molar-refractivity contribution in [1.82, 2.24) is 14.8 Å². The fourth-order valence-corrected chi connectivity index (χ4v) is 4.51. The number of Topliss-reactive ketones (excluding diaryl/α,β-unsaturated/α-hetero) is 1. The van der Waals surface area contributed by atoms with Crippen LogP contribution in [-0.4, -0.2) is 78.1 Å². The maximum absolute atomic E-state index is 13.1. The number of carbonyl (C=O) groups excluding carboxylic acids is 2. The average molecular weight is 472 g/mol. The molecule has 4 rings (SSSR count). The first-order valence-corrected chi connectivity index (χ1v) is 11.2. The second-order valence-electron chi connectivity index (χ2n) is 7.94. The van der Waals surface area contributed by atoms with E-state index in [1.807, 2.05) is 0 Å². The molecule has 174 valence electrons. The molecule has 33 heavy (non-hydrogen) atoms. The highest BCUT2D eigenvalue weighted by Gasteiger charge is 2.46. The number of aliphatic hydroxyl groups is 1. The monoisotopic (exact) mass is 471 g/mol. The third kappa shape index (κ3) is 4.88. The maximum atomic E-state index is 13.1. The van der Waals surface area contributed by atoms with E-state index in [9.17, 15) is 14.7 Å². The molecule has 2 aliphatic heterocycles. The molecule has 2 aliphatic rings. The number of halogens is 1. The molecule has 0 bridgehead atoms. The van der Waals surface area contributed by atoms with Crippen molar-refractivity contribution in [2.75, 3.05) is 46.5 Å². The van der Waals surface area contributed by atoms with E-state index in [-0.39, 0.29) is 11.3 Å². The first-order chi connectivity index (χ1) is 16.0. The lowest BCUT2D eigenvalue weighted by molar-refractivity contribution is -0.140. The van der Waals surface area contributed by atoms with E-state index in [2.05, 4.69) is 9.88 Å². The van der Waals surface area contributed by atoms with Crippen LogP contribution in [-0.2, 0) is 14.3 Å². The van der Waals surface area contributed by atoms with Gasteiger partial charge in [0.25, 0.3) is 11.7 Å². The number of amides is 1. The number of hydrogen-bond donors (Lipinski definition) is 1. The van der Waals surface area contributed by atoms with Crippen LogP contribution in [0.25, 0.3) is 5.76 Å². The van der Waals surface area contributed by atoms with Crippen LogP contribution in [0, 0.1) is 0 Å². The van der Waals surface area contributed by atoms with Gasteiger partial charge in [-0.2, -0.15) is 0 Å².